The van der Waals surface area contributed by atoms with Gasteiger partial charge in [0.25, 0.3) is 5.91 Å². The summed E-state index contributed by atoms with van der Waals surface area (Å²) in [6.07, 6.45) is 0.600. The summed E-state index contributed by atoms with van der Waals surface area (Å²) in [5.74, 6) is 0.280. The first-order valence-electron chi connectivity index (χ1n) is 9.65. The number of hydrogen-bond acceptors (Lipinski definition) is 8. The first-order chi connectivity index (χ1) is 15.0. The van der Waals surface area contributed by atoms with Crippen LogP contribution >= 0.6 is 23.2 Å². The molecule has 0 unspecified atom stereocenters. The van der Waals surface area contributed by atoms with Crippen LogP contribution in [-0.2, 0) is 28.5 Å². The normalized spacial score (nSPS) is 13.4. The van der Waals surface area contributed by atoms with Crippen molar-refractivity contribution in [3.63, 3.8) is 0 Å². The number of amidine groups is 1. The minimum atomic E-state index is -0.515. The molecule has 0 bridgehead atoms. The molecular weight excluding hydrogens is 448 g/mol. The summed E-state index contributed by atoms with van der Waals surface area (Å²) in [5.41, 5.74) is 0.285. The van der Waals surface area contributed by atoms with Crippen LogP contribution in [0.5, 0.6) is 0 Å². The van der Waals surface area contributed by atoms with Gasteiger partial charge in [-0.25, -0.2) is 0 Å². The molecule has 1 aliphatic rings. The number of carbonyl (C=O) groups excluding carboxylic acids is 2. The Hall–Kier alpha value is -1.69. The van der Waals surface area contributed by atoms with Crippen molar-refractivity contribution in [1.29, 1.82) is 0 Å². The second kappa shape index (κ2) is 14.4. The molecule has 0 saturated carbocycles. The fourth-order valence-electron chi connectivity index (χ4n) is 2.47. The van der Waals surface area contributed by atoms with Gasteiger partial charge in [-0.05, 0) is 18.2 Å². The third kappa shape index (κ3) is 10.5. The van der Waals surface area contributed by atoms with Gasteiger partial charge in [0, 0.05) is 13.0 Å². The van der Waals surface area contributed by atoms with E-state index in [1.165, 1.54) is 0 Å². The van der Waals surface area contributed by atoms with Crippen molar-refractivity contribution in [1.82, 2.24) is 5.32 Å². The van der Waals surface area contributed by atoms with Crippen molar-refractivity contribution in [2.75, 3.05) is 64.4 Å². The van der Waals surface area contributed by atoms with E-state index in [-0.39, 0.29) is 32.3 Å². The Morgan fingerprint density at radius 1 is 0.968 bits per heavy atom. The molecule has 1 aromatic carbocycles. The molecule has 2 radical (unpaired) electrons. The highest BCUT2D eigenvalue weighted by atomic mass is 35.5. The SMILES string of the molecule is [B]C(=O)COCCOCCOCCOCC(=O)NC1=NN(c2ccc(Cl)c(Cl)c2)CC1. The van der Waals surface area contributed by atoms with Crippen molar-refractivity contribution in [3.05, 3.63) is 28.2 Å². The largest absolute Gasteiger partial charge is 0.377 e. The maximum absolute atomic E-state index is 12.0. The van der Waals surface area contributed by atoms with Gasteiger partial charge in [0.1, 0.15) is 18.1 Å². The van der Waals surface area contributed by atoms with E-state index in [4.69, 9.17) is 50.0 Å². The number of carbonyl (C=O) groups is 2. The van der Waals surface area contributed by atoms with Crippen LogP contribution in [0.2, 0.25) is 10.0 Å². The fraction of sp³-hybridized carbons (Fsp3) is 0.526. The number of rotatable bonds is 14. The van der Waals surface area contributed by atoms with Crippen molar-refractivity contribution in [2.45, 2.75) is 6.42 Å². The van der Waals surface area contributed by atoms with Gasteiger partial charge in [-0.1, -0.05) is 23.2 Å². The summed E-state index contributed by atoms with van der Waals surface area (Å²) in [7, 11) is 4.93. The zero-order chi connectivity index (χ0) is 22.5. The Balaban J connectivity index is 1.49. The Morgan fingerprint density at radius 3 is 2.19 bits per heavy atom. The molecule has 168 valence electrons. The van der Waals surface area contributed by atoms with E-state index >= 15 is 0 Å². The van der Waals surface area contributed by atoms with Gasteiger partial charge in [0.2, 0.25) is 0 Å². The molecule has 31 heavy (non-hydrogen) atoms. The maximum Gasteiger partial charge on any atom is 0.251 e. The summed E-state index contributed by atoms with van der Waals surface area (Å²) in [6, 6.07) is 5.24. The lowest BCUT2D eigenvalue weighted by Crippen LogP contribution is -2.33. The predicted molar refractivity (Wildman–Crippen MR) is 118 cm³/mol. The Bertz CT molecular complexity index is 768. The number of anilines is 1. The van der Waals surface area contributed by atoms with E-state index in [0.29, 0.717) is 55.3 Å². The van der Waals surface area contributed by atoms with E-state index in [2.05, 4.69) is 10.4 Å². The van der Waals surface area contributed by atoms with Gasteiger partial charge in [-0.3, -0.25) is 9.80 Å². The lowest BCUT2D eigenvalue weighted by atomic mass is 10.1. The lowest BCUT2D eigenvalue weighted by Gasteiger charge is -2.13. The number of hydrogen-bond donors (Lipinski definition) is 1. The third-order valence-corrected chi connectivity index (χ3v) is 4.62. The molecule has 0 aromatic heterocycles. The second-order valence-electron chi connectivity index (χ2n) is 6.36. The van der Waals surface area contributed by atoms with Crippen LogP contribution in [0, 0.1) is 0 Å². The van der Waals surface area contributed by atoms with Crippen LogP contribution in [0.3, 0.4) is 0 Å². The molecule has 1 N–H and O–H groups in total. The van der Waals surface area contributed by atoms with Gasteiger partial charge in [0.05, 0.1) is 62.0 Å². The summed E-state index contributed by atoms with van der Waals surface area (Å²) in [6.45, 7) is 2.43. The molecule has 1 aromatic rings. The quantitative estimate of drug-likeness (QED) is 0.323. The van der Waals surface area contributed by atoms with E-state index in [1.807, 2.05) is 6.07 Å². The van der Waals surface area contributed by atoms with Crippen LogP contribution in [0.15, 0.2) is 23.3 Å². The zero-order valence-corrected chi connectivity index (χ0v) is 18.5. The number of nitrogens with one attached hydrogen (secondary N) is 1. The smallest absolute Gasteiger partial charge is 0.251 e. The van der Waals surface area contributed by atoms with Gasteiger partial charge in [-0.2, -0.15) is 5.10 Å². The Kier molecular flexibility index (Phi) is 11.9. The second-order valence-corrected chi connectivity index (χ2v) is 7.18. The van der Waals surface area contributed by atoms with Crippen molar-refractivity contribution in [2.24, 2.45) is 5.10 Å². The molecule has 0 fully saturated rings. The Morgan fingerprint density at radius 2 is 1.58 bits per heavy atom. The molecule has 0 aliphatic carbocycles. The summed E-state index contributed by atoms with van der Waals surface area (Å²) in [4.78, 5) is 22.4. The molecule has 0 spiro atoms. The van der Waals surface area contributed by atoms with Crippen LogP contribution in [0.4, 0.5) is 5.69 Å². The van der Waals surface area contributed by atoms with Crippen molar-refractivity contribution in [3.8, 4) is 0 Å². The minimum Gasteiger partial charge on any atom is -0.377 e. The molecule has 0 atom stereocenters. The summed E-state index contributed by atoms with van der Waals surface area (Å²) >= 11 is 12.0. The standard InChI is InChI=1S/C19H24BCl2N3O6/c20-17(26)12-30-9-7-28-5-6-29-8-10-31-13-19(27)23-18-3-4-25(24-18)14-1-2-15(21)16(22)11-14/h1-2,11H,3-10,12-13H2,(H,23,24,27). The van der Waals surface area contributed by atoms with E-state index in [1.54, 1.807) is 17.1 Å². The minimum absolute atomic E-state index is 0.0944. The number of hydrazone groups is 1. The molecule has 1 aliphatic heterocycles. The molecule has 2 rings (SSSR count). The highest BCUT2D eigenvalue weighted by Gasteiger charge is 2.18. The fourth-order valence-corrected chi connectivity index (χ4v) is 2.76. The first kappa shape index (κ1) is 25.6. The van der Waals surface area contributed by atoms with Gasteiger partial charge >= 0.3 is 0 Å². The molecule has 1 heterocycles. The van der Waals surface area contributed by atoms with Gasteiger partial charge < -0.3 is 29.1 Å². The van der Waals surface area contributed by atoms with E-state index < -0.39 is 5.68 Å². The predicted octanol–water partition coefficient (Wildman–Crippen LogP) is 1.39. The molecule has 9 nitrogen and oxygen atoms in total. The van der Waals surface area contributed by atoms with Crippen LogP contribution in [0.25, 0.3) is 0 Å². The molecule has 12 heteroatoms. The highest BCUT2D eigenvalue weighted by Crippen LogP contribution is 2.28. The molecule has 1 amide bonds. The van der Waals surface area contributed by atoms with E-state index in [0.717, 1.165) is 5.69 Å². The Labute approximate surface area is 192 Å². The molecular formula is C19H24BCl2N3O6. The number of nitrogens with zero attached hydrogens (tertiary/aromatic N) is 2. The number of amides is 1. The summed E-state index contributed by atoms with van der Waals surface area (Å²) in [5, 5.41) is 9.77. The van der Waals surface area contributed by atoms with E-state index in [9.17, 15) is 9.59 Å². The van der Waals surface area contributed by atoms with Crippen LogP contribution in [0.1, 0.15) is 6.42 Å². The monoisotopic (exact) mass is 471 g/mol. The average Bonchev–Trinajstić information content (AvgIpc) is 3.19. The highest BCUT2D eigenvalue weighted by molar-refractivity contribution is 6.58. The third-order valence-electron chi connectivity index (χ3n) is 3.88. The van der Waals surface area contributed by atoms with Crippen LogP contribution < -0.4 is 10.3 Å². The topological polar surface area (TPSA) is 98.7 Å². The average molecular weight is 472 g/mol. The lowest BCUT2D eigenvalue weighted by molar-refractivity contribution is -0.125. The summed E-state index contributed by atoms with van der Waals surface area (Å²) < 4.78 is 20.8. The number of benzene rings is 1. The van der Waals surface area contributed by atoms with Crippen LogP contribution in [-0.4, -0.2) is 84.7 Å². The molecule has 0 saturated heterocycles. The van der Waals surface area contributed by atoms with Gasteiger partial charge in [0.15, 0.2) is 7.85 Å². The van der Waals surface area contributed by atoms with Crippen molar-refractivity contribution < 1.29 is 28.5 Å². The first-order valence-corrected chi connectivity index (χ1v) is 10.4. The maximum atomic E-state index is 12.0. The zero-order valence-electron chi connectivity index (χ0n) is 17.0. The number of ether oxygens (including phenoxy) is 4. The van der Waals surface area contributed by atoms with Gasteiger partial charge in [-0.15, -0.1) is 0 Å². The number of halogens is 2. The van der Waals surface area contributed by atoms with Crippen molar-refractivity contribution >= 4 is 54.2 Å².